The highest BCUT2D eigenvalue weighted by Crippen LogP contribution is 2.48. The largest absolute Gasteiger partial charge is 0.450 e. The van der Waals surface area contributed by atoms with Crippen LogP contribution in [0.4, 0.5) is 10.5 Å². The van der Waals surface area contributed by atoms with Crippen LogP contribution >= 0.6 is 11.6 Å². The summed E-state index contributed by atoms with van der Waals surface area (Å²) >= 11 is 6.43. The van der Waals surface area contributed by atoms with Crippen LogP contribution in [0.5, 0.6) is 0 Å². The molecule has 2 aliphatic rings. The number of carbonyl (C=O) groups is 3. The minimum atomic E-state index is -0.548. The number of nitrogens with one attached hydrogen (secondary N) is 3. The maximum atomic E-state index is 12.2. The Bertz CT molecular complexity index is 915. The van der Waals surface area contributed by atoms with E-state index in [1.807, 2.05) is 0 Å². The highest BCUT2D eigenvalue weighted by molar-refractivity contribution is 6.35. The van der Waals surface area contributed by atoms with Crippen LogP contribution in [0.3, 0.4) is 0 Å². The summed E-state index contributed by atoms with van der Waals surface area (Å²) in [7, 11) is 0. The first kappa shape index (κ1) is 16.9. The zero-order valence-electron chi connectivity index (χ0n) is 14.0. The van der Waals surface area contributed by atoms with Crippen molar-refractivity contribution in [3.05, 3.63) is 28.5 Å². The van der Waals surface area contributed by atoms with E-state index in [4.69, 9.17) is 16.0 Å². The van der Waals surface area contributed by atoms with Gasteiger partial charge in [-0.25, -0.2) is 4.79 Å². The first-order chi connectivity index (χ1) is 12.5. The molecule has 2 aromatic rings. The van der Waals surface area contributed by atoms with Gasteiger partial charge in [0.2, 0.25) is 0 Å². The maximum Gasteiger partial charge on any atom is 0.319 e. The zero-order chi connectivity index (χ0) is 18.3. The van der Waals surface area contributed by atoms with Crippen LogP contribution in [0, 0.1) is 0 Å². The van der Waals surface area contributed by atoms with E-state index >= 15 is 0 Å². The van der Waals surface area contributed by atoms with E-state index in [1.54, 1.807) is 12.1 Å². The summed E-state index contributed by atoms with van der Waals surface area (Å²) in [6, 6.07) is 3.00. The summed E-state index contributed by atoms with van der Waals surface area (Å²) < 4.78 is 5.87. The first-order valence-corrected chi connectivity index (χ1v) is 8.99. The van der Waals surface area contributed by atoms with Crippen molar-refractivity contribution >= 4 is 46.5 Å². The van der Waals surface area contributed by atoms with Gasteiger partial charge in [0.25, 0.3) is 5.91 Å². The molecule has 136 valence electrons. The molecule has 4 rings (SSSR count). The van der Waals surface area contributed by atoms with Crippen molar-refractivity contribution < 1.29 is 18.8 Å². The minimum absolute atomic E-state index is 0.0870. The topological polar surface area (TPSA) is 100 Å². The molecule has 0 unspecified atom stereocenters. The monoisotopic (exact) mass is 375 g/mol. The molecule has 1 fully saturated rings. The summed E-state index contributed by atoms with van der Waals surface area (Å²) in [5, 5.41) is 9.40. The molecule has 7 nitrogen and oxygen atoms in total. The van der Waals surface area contributed by atoms with Gasteiger partial charge in [0.15, 0.2) is 5.76 Å². The van der Waals surface area contributed by atoms with Gasteiger partial charge in [0.05, 0.1) is 22.8 Å². The second kappa shape index (κ2) is 6.32. The number of amides is 3. The van der Waals surface area contributed by atoms with Gasteiger partial charge in [0, 0.05) is 10.9 Å². The molecular weight excluding hydrogens is 358 g/mol. The van der Waals surface area contributed by atoms with Crippen molar-refractivity contribution in [3.63, 3.8) is 0 Å². The molecular formula is C18H18ClN3O4. The van der Waals surface area contributed by atoms with Crippen molar-refractivity contribution in [2.24, 2.45) is 0 Å². The highest BCUT2D eigenvalue weighted by Gasteiger charge is 2.43. The normalized spacial score (nSPS) is 18.1. The molecule has 1 spiro atoms. The van der Waals surface area contributed by atoms with Gasteiger partial charge in [0.1, 0.15) is 11.9 Å². The Morgan fingerprint density at radius 2 is 2.08 bits per heavy atom. The fourth-order valence-electron chi connectivity index (χ4n) is 4.02. The Balaban J connectivity index is 1.90. The smallest absolute Gasteiger partial charge is 0.319 e. The number of fused-ring (bicyclic) bond motifs is 4. The van der Waals surface area contributed by atoms with Crippen LogP contribution in [-0.2, 0) is 10.3 Å². The summed E-state index contributed by atoms with van der Waals surface area (Å²) in [5.41, 5.74) is 1.33. The minimum Gasteiger partial charge on any atom is -0.450 e. The fourth-order valence-corrected chi connectivity index (χ4v) is 4.28. The second-order valence-corrected chi connectivity index (χ2v) is 7.14. The molecule has 1 aliphatic heterocycles. The van der Waals surface area contributed by atoms with Gasteiger partial charge in [-0.2, -0.15) is 0 Å². The van der Waals surface area contributed by atoms with Crippen LogP contribution in [0.1, 0.15) is 48.2 Å². The third kappa shape index (κ3) is 2.63. The van der Waals surface area contributed by atoms with Crippen molar-refractivity contribution in [2.45, 2.75) is 37.6 Å². The van der Waals surface area contributed by atoms with Crippen LogP contribution in [0.15, 0.2) is 16.5 Å². The van der Waals surface area contributed by atoms with Crippen molar-refractivity contribution in [1.82, 2.24) is 10.6 Å². The number of aldehydes is 1. The fraction of sp³-hybridized carbons (Fsp3) is 0.389. The quantitative estimate of drug-likeness (QED) is 0.716. The standard InChI is InChI=1S/C18H18ClN3O4/c19-11-8-10-9-12(16(24)20-6-7-23)26-15(10)13-14(11)21-17(25)22-18(13)4-2-1-3-5-18/h7-9H,1-6H2,(H,20,24)(H2,21,22,25). The van der Waals surface area contributed by atoms with Gasteiger partial charge in [-0.3, -0.25) is 4.79 Å². The van der Waals surface area contributed by atoms with Gasteiger partial charge >= 0.3 is 6.03 Å². The second-order valence-electron chi connectivity index (χ2n) is 6.74. The van der Waals surface area contributed by atoms with E-state index < -0.39 is 11.4 Å². The van der Waals surface area contributed by atoms with Crippen LogP contribution in [0.25, 0.3) is 11.0 Å². The summed E-state index contributed by atoms with van der Waals surface area (Å²) in [6.45, 7) is -0.0870. The molecule has 3 amide bonds. The van der Waals surface area contributed by atoms with Crippen LogP contribution < -0.4 is 16.0 Å². The van der Waals surface area contributed by atoms with E-state index in [1.165, 1.54) is 0 Å². The van der Waals surface area contributed by atoms with Crippen molar-refractivity contribution in [1.29, 1.82) is 0 Å². The summed E-state index contributed by atoms with van der Waals surface area (Å²) in [4.78, 5) is 34.8. The number of benzene rings is 1. The average molecular weight is 376 g/mol. The molecule has 2 heterocycles. The molecule has 0 atom stereocenters. The van der Waals surface area contributed by atoms with E-state index in [-0.39, 0.29) is 18.3 Å². The number of hydrogen-bond donors (Lipinski definition) is 3. The highest BCUT2D eigenvalue weighted by atomic mass is 35.5. The van der Waals surface area contributed by atoms with Gasteiger partial charge in [-0.15, -0.1) is 0 Å². The number of anilines is 1. The molecule has 1 aromatic heterocycles. The molecule has 8 heteroatoms. The van der Waals surface area contributed by atoms with Crippen molar-refractivity contribution in [3.8, 4) is 0 Å². The van der Waals surface area contributed by atoms with Crippen LogP contribution in [0.2, 0.25) is 5.02 Å². The molecule has 0 radical (unpaired) electrons. The van der Waals surface area contributed by atoms with E-state index in [9.17, 15) is 14.4 Å². The third-order valence-corrected chi connectivity index (χ3v) is 5.40. The Labute approximate surface area is 154 Å². The SMILES string of the molecule is O=CCNC(=O)c1cc2cc(Cl)c3c(c2o1)C1(CCCCC1)NC(=O)N3. The number of furan rings is 1. The molecule has 3 N–H and O–H groups in total. The summed E-state index contributed by atoms with van der Waals surface area (Å²) in [5.74, 6) is -0.363. The number of rotatable bonds is 3. The average Bonchev–Trinajstić information content (AvgIpc) is 3.03. The number of carbonyl (C=O) groups excluding carboxylic acids is 3. The van der Waals surface area contributed by atoms with Crippen molar-refractivity contribution in [2.75, 3.05) is 11.9 Å². The number of urea groups is 1. The molecule has 1 aliphatic carbocycles. The Kier molecular flexibility index (Phi) is 4.11. The van der Waals surface area contributed by atoms with E-state index in [0.717, 1.165) is 37.7 Å². The van der Waals surface area contributed by atoms with E-state index in [0.29, 0.717) is 28.0 Å². The predicted octanol–water partition coefficient (Wildman–Crippen LogP) is 3.31. The van der Waals surface area contributed by atoms with Gasteiger partial charge < -0.3 is 25.2 Å². The lowest BCUT2D eigenvalue weighted by molar-refractivity contribution is -0.107. The molecule has 1 saturated carbocycles. The Morgan fingerprint density at radius 3 is 2.81 bits per heavy atom. The van der Waals surface area contributed by atoms with Crippen LogP contribution in [-0.4, -0.2) is 24.8 Å². The lowest BCUT2D eigenvalue weighted by Crippen LogP contribution is -2.52. The Hall–Kier alpha value is -2.54. The van der Waals surface area contributed by atoms with E-state index in [2.05, 4.69) is 16.0 Å². The molecule has 26 heavy (non-hydrogen) atoms. The molecule has 0 saturated heterocycles. The summed E-state index contributed by atoms with van der Waals surface area (Å²) in [6.07, 6.45) is 5.27. The number of halogens is 1. The lowest BCUT2D eigenvalue weighted by Gasteiger charge is -2.42. The predicted molar refractivity (Wildman–Crippen MR) is 96.5 cm³/mol. The number of hydrogen-bond acceptors (Lipinski definition) is 4. The molecule has 0 bridgehead atoms. The third-order valence-electron chi connectivity index (χ3n) is 5.11. The lowest BCUT2D eigenvalue weighted by atomic mass is 9.74. The first-order valence-electron chi connectivity index (χ1n) is 8.61. The van der Waals surface area contributed by atoms with Gasteiger partial charge in [-0.05, 0) is 25.0 Å². The molecule has 1 aromatic carbocycles. The zero-order valence-corrected chi connectivity index (χ0v) is 14.7. The maximum absolute atomic E-state index is 12.2. The Morgan fingerprint density at radius 1 is 1.31 bits per heavy atom. The van der Waals surface area contributed by atoms with Gasteiger partial charge in [-0.1, -0.05) is 30.9 Å².